The van der Waals surface area contributed by atoms with Gasteiger partial charge in [0.05, 0.1) is 12.7 Å². The van der Waals surface area contributed by atoms with E-state index in [4.69, 9.17) is 5.11 Å². The molecule has 0 atom stereocenters. The second kappa shape index (κ2) is 12.4. The van der Waals surface area contributed by atoms with Crippen molar-refractivity contribution in [2.75, 3.05) is 26.0 Å². The molecule has 2 aromatic carbocycles. The van der Waals surface area contributed by atoms with Gasteiger partial charge in [-0.3, -0.25) is 4.79 Å². The van der Waals surface area contributed by atoms with Crippen molar-refractivity contribution in [1.82, 2.24) is 4.90 Å². The topological polar surface area (TPSA) is 78.9 Å². The number of anilines is 1. The largest absolute Gasteiger partial charge is 0.508 e. The Balaban J connectivity index is 0.000000337. The average molecular weight is 372 g/mol. The summed E-state index contributed by atoms with van der Waals surface area (Å²) < 4.78 is 4.63. The van der Waals surface area contributed by atoms with E-state index in [0.29, 0.717) is 17.9 Å². The molecular weight excluding hydrogens is 344 g/mol. The Hall–Kier alpha value is -3.02. The van der Waals surface area contributed by atoms with Gasteiger partial charge in [-0.15, -0.1) is 0 Å². The highest BCUT2D eigenvalue weighted by molar-refractivity contribution is 5.89. The lowest BCUT2D eigenvalue weighted by Crippen LogP contribution is -2.22. The Labute approximate surface area is 160 Å². The second-order valence-corrected chi connectivity index (χ2v) is 5.91. The number of hydrogen-bond donors (Lipinski definition) is 2. The maximum atomic E-state index is 11.3. The number of phenols is 1. The van der Waals surface area contributed by atoms with Crippen LogP contribution in [0.15, 0.2) is 48.5 Å². The number of carbonyl (C=O) groups excluding carboxylic acids is 2. The van der Waals surface area contributed by atoms with Crippen molar-refractivity contribution >= 4 is 18.1 Å². The summed E-state index contributed by atoms with van der Waals surface area (Å²) in [7, 11) is 3.20. The first-order chi connectivity index (χ1) is 13.0. The fraction of sp³-hybridized carbons (Fsp3) is 0.333. The van der Waals surface area contributed by atoms with Crippen molar-refractivity contribution in [1.29, 1.82) is 0 Å². The molecule has 0 aliphatic rings. The predicted molar refractivity (Wildman–Crippen MR) is 107 cm³/mol. The predicted octanol–water partition coefficient (Wildman–Crippen LogP) is 3.67. The van der Waals surface area contributed by atoms with Crippen LogP contribution in [-0.2, 0) is 16.1 Å². The monoisotopic (exact) mass is 372 g/mol. The zero-order valence-electron chi connectivity index (χ0n) is 16.1. The molecule has 0 unspecified atom stereocenters. The van der Waals surface area contributed by atoms with Gasteiger partial charge >= 0.3 is 5.97 Å². The lowest BCUT2D eigenvalue weighted by molar-refractivity contribution is -0.118. The Morgan fingerprint density at radius 2 is 1.78 bits per heavy atom. The van der Waals surface area contributed by atoms with Crippen molar-refractivity contribution in [3.05, 3.63) is 59.7 Å². The van der Waals surface area contributed by atoms with E-state index in [2.05, 4.69) is 17.0 Å². The Morgan fingerprint density at radius 1 is 1.15 bits per heavy atom. The van der Waals surface area contributed by atoms with Crippen molar-refractivity contribution in [3.63, 3.8) is 0 Å². The highest BCUT2D eigenvalue weighted by Gasteiger charge is 2.06. The number of phenolic OH excluding ortho intramolecular Hbond substituents is 1. The van der Waals surface area contributed by atoms with Crippen LogP contribution in [0.25, 0.3) is 0 Å². The maximum absolute atomic E-state index is 11.3. The van der Waals surface area contributed by atoms with E-state index in [-0.39, 0.29) is 5.97 Å². The van der Waals surface area contributed by atoms with Gasteiger partial charge in [0.15, 0.2) is 0 Å². The number of amides is 1. The van der Waals surface area contributed by atoms with E-state index in [1.165, 1.54) is 7.11 Å². The molecule has 0 saturated carbocycles. The minimum atomic E-state index is -0.347. The molecule has 0 saturated heterocycles. The van der Waals surface area contributed by atoms with Crippen molar-refractivity contribution in [2.45, 2.75) is 26.3 Å². The highest BCUT2D eigenvalue weighted by Crippen LogP contribution is 2.12. The van der Waals surface area contributed by atoms with Gasteiger partial charge in [-0.1, -0.05) is 25.5 Å². The molecule has 2 N–H and O–H groups in total. The number of esters is 1. The van der Waals surface area contributed by atoms with Crippen LogP contribution in [0.2, 0.25) is 0 Å². The Kier molecular flexibility index (Phi) is 10.1. The highest BCUT2D eigenvalue weighted by atomic mass is 16.5. The summed E-state index contributed by atoms with van der Waals surface area (Å²) in [4.78, 5) is 23.9. The first-order valence-electron chi connectivity index (χ1n) is 8.87. The minimum absolute atomic E-state index is 0.300. The van der Waals surface area contributed by atoms with Gasteiger partial charge in [0.1, 0.15) is 5.75 Å². The zero-order chi connectivity index (χ0) is 20.1. The number of rotatable bonds is 8. The summed E-state index contributed by atoms with van der Waals surface area (Å²) in [6.07, 6.45) is 2.93. The molecule has 0 radical (unpaired) electrons. The third-order valence-electron chi connectivity index (χ3n) is 3.86. The number of nitrogens with one attached hydrogen (secondary N) is 1. The third kappa shape index (κ3) is 8.27. The van der Waals surface area contributed by atoms with E-state index in [1.54, 1.807) is 29.2 Å². The molecule has 2 aromatic rings. The molecule has 2 rings (SSSR count). The molecule has 1 amide bonds. The van der Waals surface area contributed by atoms with Crippen LogP contribution in [0.3, 0.4) is 0 Å². The summed E-state index contributed by atoms with van der Waals surface area (Å²) in [6, 6.07) is 14.0. The van der Waals surface area contributed by atoms with Gasteiger partial charge < -0.3 is 20.1 Å². The van der Waals surface area contributed by atoms with E-state index < -0.39 is 0 Å². The van der Waals surface area contributed by atoms with Crippen molar-refractivity contribution in [2.24, 2.45) is 0 Å². The maximum Gasteiger partial charge on any atom is 0.337 e. The van der Waals surface area contributed by atoms with E-state index in [9.17, 15) is 9.59 Å². The van der Waals surface area contributed by atoms with Gasteiger partial charge in [0, 0.05) is 25.8 Å². The standard InChI is InChI=1S/C14H19NO3.C7H9NO/c1-3-4-9-15(11-16)10-12-5-7-13(8-6-12)14(17)18-2;1-8-6-2-4-7(9)5-3-6/h5-8,11H,3-4,9-10H2,1-2H3;2-5,8-9H,1H3. The molecule has 0 fully saturated rings. The average Bonchev–Trinajstić information content (AvgIpc) is 2.72. The summed E-state index contributed by atoms with van der Waals surface area (Å²) in [6.45, 7) is 3.43. The van der Waals surface area contributed by atoms with E-state index in [0.717, 1.165) is 37.0 Å². The minimum Gasteiger partial charge on any atom is -0.508 e. The van der Waals surface area contributed by atoms with Gasteiger partial charge in [-0.25, -0.2) is 4.79 Å². The molecule has 0 heterocycles. The van der Waals surface area contributed by atoms with Crippen molar-refractivity contribution in [3.8, 4) is 5.75 Å². The first kappa shape index (κ1) is 22.0. The molecule has 0 aliphatic carbocycles. The van der Waals surface area contributed by atoms with Gasteiger partial charge in [-0.05, 0) is 48.4 Å². The quantitative estimate of drug-likeness (QED) is 0.420. The number of nitrogens with zero attached hydrogens (tertiary/aromatic N) is 1. The fourth-order valence-electron chi connectivity index (χ4n) is 2.26. The van der Waals surface area contributed by atoms with Crippen LogP contribution in [0.4, 0.5) is 5.69 Å². The van der Waals surface area contributed by atoms with Crippen molar-refractivity contribution < 1.29 is 19.4 Å². The summed E-state index contributed by atoms with van der Waals surface area (Å²) in [5.41, 5.74) is 2.53. The van der Waals surface area contributed by atoms with Gasteiger partial charge in [0.2, 0.25) is 6.41 Å². The molecule has 6 nitrogen and oxygen atoms in total. The lowest BCUT2D eigenvalue weighted by Gasteiger charge is -2.16. The number of carbonyl (C=O) groups is 2. The number of aromatic hydroxyl groups is 1. The molecule has 0 aliphatic heterocycles. The third-order valence-corrected chi connectivity index (χ3v) is 3.86. The summed E-state index contributed by atoms with van der Waals surface area (Å²) >= 11 is 0. The molecule has 0 bridgehead atoms. The van der Waals surface area contributed by atoms with Crippen LogP contribution >= 0.6 is 0 Å². The number of hydrogen-bond acceptors (Lipinski definition) is 5. The summed E-state index contributed by atoms with van der Waals surface area (Å²) in [5, 5.41) is 11.8. The Morgan fingerprint density at radius 3 is 2.26 bits per heavy atom. The van der Waals surface area contributed by atoms with Gasteiger partial charge in [0.25, 0.3) is 0 Å². The fourth-order valence-corrected chi connectivity index (χ4v) is 2.26. The molecule has 0 spiro atoms. The second-order valence-electron chi connectivity index (χ2n) is 5.91. The van der Waals surface area contributed by atoms with E-state index >= 15 is 0 Å². The van der Waals surface area contributed by atoms with Crippen LogP contribution in [0.5, 0.6) is 5.75 Å². The molecular formula is C21H28N2O4. The van der Waals surface area contributed by atoms with Crippen LogP contribution in [0.1, 0.15) is 35.7 Å². The molecule has 6 heteroatoms. The molecule has 27 heavy (non-hydrogen) atoms. The SMILES string of the molecule is CCCCN(C=O)Cc1ccc(C(=O)OC)cc1.CNc1ccc(O)cc1. The zero-order valence-corrected chi connectivity index (χ0v) is 16.1. The smallest absolute Gasteiger partial charge is 0.337 e. The number of unbranched alkanes of at least 4 members (excludes halogenated alkanes) is 1. The number of ether oxygens (including phenoxy) is 1. The lowest BCUT2D eigenvalue weighted by atomic mass is 10.1. The van der Waals surface area contributed by atoms with Gasteiger partial charge in [-0.2, -0.15) is 0 Å². The van der Waals surface area contributed by atoms with Crippen LogP contribution in [-0.4, -0.2) is 43.1 Å². The van der Waals surface area contributed by atoms with Crippen LogP contribution in [0, 0.1) is 0 Å². The van der Waals surface area contributed by atoms with E-state index in [1.807, 2.05) is 31.3 Å². The van der Waals surface area contributed by atoms with Crippen LogP contribution < -0.4 is 5.32 Å². The number of methoxy groups -OCH3 is 1. The normalized spacial score (nSPS) is 9.59. The first-order valence-corrected chi connectivity index (χ1v) is 8.87. The molecule has 146 valence electrons. The summed E-state index contributed by atoms with van der Waals surface area (Å²) in [5.74, 6) is -0.0474. The molecule has 0 aromatic heterocycles. The number of benzene rings is 2. The Bertz CT molecular complexity index is 684.